The van der Waals surface area contributed by atoms with E-state index in [1.165, 1.54) is 0 Å². The summed E-state index contributed by atoms with van der Waals surface area (Å²) < 4.78 is 5.31. The quantitative estimate of drug-likeness (QED) is 0.665. The Morgan fingerprint density at radius 1 is 1.38 bits per heavy atom. The number of hydrogen-bond acceptors (Lipinski definition) is 3. The minimum Gasteiger partial charge on any atom is -0.513 e. The Hall–Kier alpha value is -0.540. The predicted octanol–water partition coefficient (Wildman–Crippen LogP) is 1.31. The molecule has 1 heterocycles. The number of nitrogens with zero attached hydrogens (tertiary/aromatic N) is 1. The summed E-state index contributed by atoms with van der Waals surface area (Å²) in [5.41, 5.74) is 0. The van der Waals surface area contributed by atoms with Crippen molar-refractivity contribution in [3.8, 4) is 0 Å². The van der Waals surface area contributed by atoms with Crippen LogP contribution in [0.25, 0.3) is 0 Å². The van der Waals surface area contributed by atoms with E-state index >= 15 is 0 Å². The Morgan fingerprint density at radius 3 is 2.77 bits per heavy atom. The van der Waals surface area contributed by atoms with Gasteiger partial charge in [-0.15, -0.1) is 0 Å². The second-order valence-corrected chi connectivity index (χ2v) is 3.77. The van der Waals surface area contributed by atoms with Gasteiger partial charge in [-0.1, -0.05) is 0 Å². The fourth-order valence-corrected chi connectivity index (χ4v) is 2.08. The average molecular weight is 183 g/mol. The van der Waals surface area contributed by atoms with E-state index in [2.05, 4.69) is 4.90 Å². The summed E-state index contributed by atoms with van der Waals surface area (Å²) in [6.45, 7) is 3.84. The fourth-order valence-electron chi connectivity index (χ4n) is 2.08. The number of morpholine rings is 1. The minimum atomic E-state index is 0.574. The molecule has 1 fully saturated rings. The van der Waals surface area contributed by atoms with Crippen LogP contribution in [0.4, 0.5) is 0 Å². The molecule has 0 aromatic heterocycles. The molecule has 1 saturated heterocycles. The first-order chi connectivity index (χ1) is 6.36. The predicted molar refractivity (Wildman–Crippen MR) is 50.7 cm³/mol. The van der Waals surface area contributed by atoms with Crippen molar-refractivity contribution in [2.24, 2.45) is 0 Å². The van der Waals surface area contributed by atoms with Crippen molar-refractivity contribution in [2.45, 2.75) is 25.3 Å². The molecular weight excluding hydrogens is 166 g/mol. The van der Waals surface area contributed by atoms with Gasteiger partial charge >= 0.3 is 0 Å². The lowest BCUT2D eigenvalue weighted by atomic mass is 9.99. The molecule has 0 bridgehead atoms. The second kappa shape index (κ2) is 4.11. The summed E-state index contributed by atoms with van der Waals surface area (Å²) in [7, 11) is 0. The lowest BCUT2D eigenvalue weighted by Crippen LogP contribution is -2.44. The molecule has 0 saturated carbocycles. The fraction of sp³-hybridized carbons (Fsp3) is 0.800. The van der Waals surface area contributed by atoms with Crippen molar-refractivity contribution >= 4 is 0 Å². The molecule has 13 heavy (non-hydrogen) atoms. The van der Waals surface area contributed by atoms with E-state index in [1.807, 2.05) is 6.08 Å². The maximum atomic E-state index is 9.24. The zero-order chi connectivity index (χ0) is 9.10. The molecule has 2 aliphatic rings. The first-order valence-corrected chi connectivity index (χ1v) is 5.06. The summed E-state index contributed by atoms with van der Waals surface area (Å²) in [6.07, 6.45) is 4.92. The first kappa shape index (κ1) is 9.03. The molecule has 1 N–H and O–H groups in total. The van der Waals surface area contributed by atoms with Crippen LogP contribution in [0, 0.1) is 0 Å². The van der Waals surface area contributed by atoms with E-state index in [-0.39, 0.29) is 0 Å². The van der Waals surface area contributed by atoms with Gasteiger partial charge in [0.2, 0.25) is 0 Å². The van der Waals surface area contributed by atoms with Crippen molar-refractivity contribution in [2.75, 3.05) is 26.3 Å². The van der Waals surface area contributed by atoms with Crippen LogP contribution < -0.4 is 0 Å². The van der Waals surface area contributed by atoms with Crippen LogP contribution in [0.5, 0.6) is 0 Å². The lowest BCUT2D eigenvalue weighted by molar-refractivity contribution is 0.0134. The molecule has 0 aromatic rings. The molecule has 0 aromatic carbocycles. The van der Waals surface area contributed by atoms with Crippen LogP contribution in [0.2, 0.25) is 0 Å². The van der Waals surface area contributed by atoms with Crippen molar-refractivity contribution in [1.29, 1.82) is 0 Å². The maximum Gasteiger partial charge on any atom is 0.0884 e. The van der Waals surface area contributed by atoms with Crippen LogP contribution >= 0.6 is 0 Å². The Morgan fingerprint density at radius 2 is 2.15 bits per heavy atom. The Balaban J connectivity index is 1.86. The summed E-state index contributed by atoms with van der Waals surface area (Å²) in [4.78, 5) is 2.48. The van der Waals surface area contributed by atoms with Gasteiger partial charge in [-0.25, -0.2) is 0 Å². The Kier molecular flexibility index (Phi) is 2.86. The van der Waals surface area contributed by atoms with E-state index in [0.717, 1.165) is 45.6 Å². The summed E-state index contributed by atoms with van der Waals surface area (Å²) in [5, 5.41) is 9.24. The first-order valence-electron chi connectivity index (χ1n) is 5.06. The molecule has 1 unspecified atom stereocenters. The number of rotatable bonds is 1. The van der Waals surface area contributed by atoms with E-state index in [9.17, 15) is 5.11 Å². The van der Waals surface area contributed by atoms with Crippen molar-refractivity contribution in [3.05, 3.63) is 11.8 Å². The van der Waals surface area contributed by atoms with Gasteiger partial charge in [0.1, 0.15) is 0 Å². The molecule has 0 spiro atoms. The molecule has 3 nitrogen and oxygen atoms in total. The molecule has 1 aliphatic heterocycles. The standard InChI is InChI=1S/C10H17NO2/c12-10-3-1-9(2-4-10)11-5-7-13-8-6-11/h3,9,12H,1-2,4-8H2. The van der Waals surface area contributed by atoms with Gasteiger partial charge in [-0.05, 0) is 18.9 Å². The lowest BCUT2D eigenvalue weighted by Gasteiger charge is -2.35. The van der Waals surface area contributed by atoms with E-state index in [1.54, 1.807) is 0 Å². The highest BCUT2D eigenvalue weighted by atomic mass is 16.5. The molecule has 1 aliphatic carbocycles. The number of hydrogen-bond donors (Lipinski definition) is 1. The third-order valence-corrected chi connectivity index (χ3v) is 2.92. The number of allylic oxidation sites excluding steroid dienone is 1. The topological polar surface area (TPSA) is 32.7 Å². The third-order valence-electron chi connectivity index (χ3n) is 2.92. The van der Waals surface area contributed by atoms with Crippen LogP contribution in [0.1, 0.15) is 19.3 Å². The summed E-state index contributed by atoms with van der Waals surface area (Å²) >= 11 is 0. The smallest absolute Gasteiger partial charge is 0.0884 e. The van der Waals surface area contributed by atoms with Gasteiger partial charge < -0.3 is 9.84 Å². The SMILES string of the molecule is OC1=CCC(N2CCOCC2)CC1. The van der Waals surface area contributed by atoms with Crippen molar-refractivity contribution in [3.63, 3.8) is 0 Å². The van der Waals surface area contributed by atoms with Gasteiger partial charge in [0.05, 0.1) is 19.0 Å². The van der Waals surface area contributed by atoms with Crippen LogP contribution in [-0.4, -0.2) is 42.4 Å². The molecule has 0 amide bonds. The summed E-state index contributed by atoms with van der Waals surface area (Å²) in [6, 6.07) is 0.639. The normalized spacial score (nSPS) is 31.4. The minimum absolute atomic E-state index is 0.574. The van der Waals surface area contributed by atoms with Gasteiger partial charge in [0, 0.05) is 25.6 Å². The molecular formula is C10H17NO2. The highest BCUT2D eigenvalue weighted by Crippen LogP contribution is 2.21. The zero-order valence-electron chi connectivity index (χ0n) is 7.91. The molecule has 2 rings (SSSR count). The van der Waals surface area contributed by atoms with Crippen molar-refractivity contribution < 1.29 is 9.84 Å². The van der Waals surface area contributed by atoms with E-state index < -0.39 is 0 Å². The van der Waals surface area contributed by atoms with E-state index in [0.29, 0.717) is 11.8 Å². The average Bonchev–Trinajstić information content (AvgIpc) is 2.20. The maximum absolute atomic E-state index is 9.24. The molecule has 0 radical (unpaired) electrons. The van der Waals surface area contributed by atoms with Crippen LogP contribution in [0.15, 0.2) is 11.8 Å². The van der Waals surface area contributed by atoms with Gasteiger partial charge in [0.15, 0.2) is 0 Å². The number of ether oxygens (including phenoxy) is 1. The molecule has 1 atom stereocenters. The Labute approximate surface area is 79.0 Å². The number of aliphatic hydroxyl groups excluding tert-OH is 1. The van der Waals surface area contributed by atoms with Gasteiger partial charge in [0.25, 0.3) is 0 Å². The van der Waals surface area contributed by atoms with Crippen LogP contribution in [0.3, 0.4) is 0 Å². The van der Waals surface area contributed by atoms with Gasteiger partial charge in [-0.2, -0.15) is 0 Å². The van der Waals surface area contributed by atoms with E-state index in [4.69, 9.17) is 4.74 Å². The highest BCUT2D eigenvalue weighted by Gasteiger charge is 2.22. The largest absolute Gasteiger partial charge is 0.513 e. The molecule has 3 heteroatoms. The third kappa shape index (κ3) is 2.23. The molecule has 74 valence electrons. The summed E-state index contributed by atoms with van der Waals surface area (Å²) in [5.74, 6) is 0.574. The van der Waals surface area contributed by atoms with Gasteiger partial charge in [-0.3, -0.25) is 4.90 Å². The zero-order valence-corrected chi connectivity index (χ0v) is 7.91. The van der Waals surface area contributed by atoms with Crippen molar-refractivity contribution in [1.82, 2.24) is 4.90 Å². The highest BCUT2D eigenvalue weighted by molar-refractivity contribution is 5.00. The Bertz CT molecular complexity index is 197. The van der Waals surface area contributed by atoms with Crippen LogP contribution in [-0.2, 0) is 4.74 Å². The number of aliphatic hydroxyl groups is 1. The second-order valence-electron chi connectivity index (χ2n) is 3.77. The monoisotopic (exact) mass is 183 g/mol.